The Labute approximate surface area is 145 Å². The summed E-state index contributed by atoms with van der Waals surface area (Å²) in [5.74, 6) is -0.317. The highest BCUT2D eigenvalue weighted by Crippen LogP contribution is 2.25. The lowest BCUT2D eigenvalue weighted by atomic mass is 10.1. The summed E-state index contributed by atoms with van der Waals surface area (Å²) in [7, 11) is 1.43. The summed E-state index contributed by atoms with van der Waals surface area (Å²) in [4.78, 5) is 37.3. The average molecular weight is 338 g/mol. The lowest BCUT2D eigenvalue weighted by Gasteiger charge is -2.10. The number of imide groups is 1. The Kier molecular flexibility index (Phi) is 4.27. The molecule has 0 saturated carbocycles. The molecule has 3 rings (SSSR count). The molecule has 6 heteroatoms. The third kappa shape index (κ3) is 3.24. The van der Waals surface area contributed by atoms with E-state index >= 15 is 0 Å². The summed E-state index contributed by atoms with van der Waals surface area (Å²) < 4.78 is 5.54. The van der Waals surface area contributed by atoms with Crippen LogP contribution in [0.5, 0.6) is 5.75 Å². The minimum atomic E-state index is -0.369. The Hall–Kier alpha value is -3.15. The van der Waals surface area contributed by atoms with Crippen molar-refractivity contribution in [3.05, 3.63) is 59.2 Å². The molecule has 0 atom stereocenters. The van der Waals surface area contributed by atoms with Crippen LogP contribution in [0.25, 0.3) is 0 Å². The standard InChI is InChI=1S/C19H18N2O4/c1-11(2)25-14-7-4-12(5-8-14)17(22)20-13-6-9-15-16(10-13)19(24)21(3)18(15)23/h4-11H,1-3H3,(H,20,22). The second-order valence-corrected chi connectivity index (χ2v) is 6.07. The van der Waals surface area contributed by atoms with E-state index < -0.39 is 0 Å². The molecule has 2 aromatic carbocycles. The van der Waals surface area contributed by atoms with E-state index in [1.807, 2.05) is 13.8 Å². The lowest BCUT2D eigenvalue weighted by molar-refractivity contribution is 0.0692. The van der Waals surface area contributed by atoms with Crippen LogP contribution in [0, 0.1) is 0 Å². The maximum atomic E-state index is 12.3. The molecule has 1 aliphatic heterocycles. The first-order valence-electron chi connectivity index (χ1n) is 7.91. The van der Waals surface area contributed by atoms with Gasteiger partial charge in [0.2, 0.25) is 0 Å². The highest BCUT2D eigenvalue weighted by molar-refractivity contribution is 6.21. The van der Waals surface area contributed by atoms with Crippen LogP contribution in [0.2, 0.25) is 0 Å². The normalized spacial score (nSPS) is 13.2. The van der Waals surface area contributed by atoms with Crippen molar-refractivity contribution in [2.24, 2.45) is 0 Å². The van der Waals surface area contributed by atoms with Crippen molar-refractivity contribution in [3.63, 3.8) is 0 Å². The molecule has 1 heterocycles. The summed E-state index contributed by atoms with van der Waals surface area (Å²) in [5.41, 5.74) is 1.57. The first kappa shape index (κ1) is 16.7. The molecular formula is C19H18N2O4. The van der Waals surface area contributed by atoms with Crippen LogP contribution in [-0.2, 0) is 0 Å². The monoisotopic (exact) mass is 338 g/mol. The van der Waals surface area contributed by atoms with Gasteiger partial charge < -0.3 is 10.1 Å². The SMILES string of the molecule is CC(C)Oc1ccc(C(=O)Nc2ccc3c(c2)C(=O)N(C)C3=O)cc1. The van der Waals surface area contributed by atoms with Gasteiger partial charge >= 0.3 is 0 Å². The molecule has 0 bridgehead atoms. The molecule has 3 amide bonds. The van der Waals surface area contributed by atoms with Crippen LogP contribution in [0.1, 0.15) is 44.9 Å². The Morgan fingerprint density at radius 3 is 2.28 bits per heavy atom. The van der Waals surface area contributed by atoms with E-state index in [-0.39, 0.29) is 23.8 Å². The number of ether oxygens (including phenoxy) is 1. The van der Waals surface area contributed by atoms with Crippen LogP contribution in [0.15, 0.2) is 42.5 Å². The van der Waals surface area contributed by atoms with Gasteiger partial charge in [-0.15, -0.1) is 0 Å². The van der Waals surface area contributed by atoms with Gasteiger partial charge in [0.1, 0.15) is 5.75 Å². The van der Waals surface area contributed by atoms with Crippen LogP contribution in [0.3, 0.4) is 0 Å². The molecule has 6 nitrogen and oxygen atoms in total. The summed E-state index contributed by atoms with van der Waals surface area (Å²) >= 11 is 0. The maximum Gasteiger partial charge on any atom is 0.261 e. The molecule has 0 unspecified atom stereocenters. The van der Waals surface area contributed by atoms with Crippen LogP contribution in [-0.4, -0.2) is 35.8 Å². The third-order valence-corrected chi connectivity index (χ3v) is 3.84. The van der Waals surface area contributed by atoms with Gasteiger partial charge in [-0.25, -0.2) is 0 Å². The quantitative estimate of drug-likeness (QED) is 0.870. The van der Waals surface area contributed by atoms with E-state index in [2.05, 4.69) is 5.32 Å². The largest absolute Gasteiger partial charge is 0.491 e. The summed E-state index contributed by atoms with van der Waals surface area (Å²) in [6.45, 7) is 3.86. The van der Waals surface area contributed by atoms with E-state index in [1.165, 1.54) is 13.1 Å². The summed E-state index contributed by atoms with van der Waals surface area (Å²) in [6.07, 6.45) is 0.0597. The van der Waals surface area contributed by atoms with Crippen molar-refractivity contribution in [1.29, 1.82) is 0 Å². The lowest BCUT2D eigenvalue weighted by Crippen LogP contribution is -2.24. The molecule has 128 valence electrons. The molecule has 25 heavy (non-hydrogen) atoms. The van der Waals surface area contributed by atoms with Gasteiger partial charge in [0.05, 0.1) is 17.2 Å². The molecular weight excluding hydrogens is 320 g/mol. The van der Waals surface area contributed by atoms with Crippen molar-refractivity contribution in [2.45, 2.75) is 20.0 Å². The number of carbonyl (C=O) groups is 3. The van der Waals surface area contributed by atoms with Gasteiger partial charge in [-0.1, -0.05) is 0 Å². The number of rotatable bonds is 4. The fraction of sp³-hybridized carbons (Fsp3) is 0.211. The van der Waals surface area contributed by atoms with E-state index in [0.717, 1.165) is 4.90 Å². The number of anilines is 1. The molecule has 1 N–H and O–H groups in total. The predicted molar refractivity (Wildman–Crippen MR) is 93.0 cm³/mol. The molecule has 0 aliphatic carbocycles. The first-order chi connectivity index (χ1) is 11.9. The smallest absolute Gasteiger partial charge is 0.261 e. The van der Waals surface area contributed by atoms with Gasteiger partial charge in [0.15, 0.2) is 0 Å². The number of fused-ring (bicyclic) bond motifs is 1. The maximum absolute atomic E-state index is 12.3. The third-order valence-electron chi connectivity index (χ3n) is 3.84. The van der Waals surface area contributed by atoms with Crippen molar-refractivity contribution < 1.29 is 19.1 Å². The van der Waals surface area contributed by atoms with Crippen molar-refractivity contribution in [3.8, 4) is 5.75 Å². The van der Waals surface area contributed by atoms with Crippen molar-refractivity contribution >= 4 is 23.4 Å². The van der Waals surface area contributed by atoms with Gasteiger partial charge in [0, 0.05) is 18.3 Å². The molecule has 0 saturated heterocycles. The zero-order valence-electron chi connectivity index (χ0n) is 14.2. The minimum Gasteiger partial charge on any atom is -0.491 e. The number of hydrogen-bond donors (Lipinski definition) is 1. The number of nitrogens with one attached hydrogen (secondary N) is 1. The number of nitrogens with zero attached hydrogens (tertiary/aromatic N) is 1. The minimum absolute atomic E-state index is 0.0597. The van der Waals surface area contributed by atoms with Crippen molar-refractivity contribution in [1.82, 2.24) is 4.90 Å². The van der Waals surface area contributed by atoms with Crippen molar-refractivity contribution in [2.75, 3.05) is 12.4 Å². The van der Waals surface area contributed by atoms with Crippen LogP contribution in [0.4, 0.5) is 5.69 Å². The topological polar surface area (TPSA) is 75.7 Å². The van der Waals surface area contributed by atoms with E-state index in [4.69, 9.17) is 4.74 Å². The Bertz CT molecular complexity index is 856. The van der Waals surface area contributed by atoms with Gasteiger partial charge in [-0.2, -0.15) is 0 Å². The number of hydrogen-bond acceptors (Lipinski definition) is 4. The molecule has 1 aliphatic rings. The molecule has 0 aromatic heterocycles. The fourth-order valence-corrected chi connectivity index (χ4v) is 2.60. The van der Waals surface area contributed by atoms with Gasteiger partial charge in [0.25, 0.3) is 17.7 Å². The number of carbonyl (C=O) groups excluding carboxylic acids is 3. The number of amides is 3. The highest BCUT2D eigenvalue weighted by atomic mass is 16.5. The van der Waals surface area contributed by atoms with Gasteiger partial charge in [-0.05, 0) is 56.3 Å². The number of benzene rings is 2. The zero-order chi connectivity index (χ0) is 18.1. The van der Waals surface area contributed by atoms with Crippen LogP contribution < -0.4 is 10.1 Å². The highest BCUT2D eigenvalue weighted by Gasteiger charge is 2.32. The Morgan fingerprint density at radius 1 is 1.00 bits per heavy atom. The molecule has 0 fully saturated rings. The first-order valence-corrected chi connectivity index (χ1v) is 7.91. The molecule has 0 spiro atoms. The average Bonchev–Trinajstić information content (AvgIpc) is 2.79. The second kappa shape index (κ2) is 6.39. The van der Waals surface area contributed by atoms with E-state index in [9.17, 15) is 14.4 Å². The van der Waals surface area contributed by atoms with E-state index in [1.54, 1.807) is 36.4 Å². The summed E-state index contributed by atoms with van der Waals surface area (Å²) in [6, 6.07) is 11.5. The Morgan fingerprint density at radius 2 is 1.64 bits per heavy atom. The molecule has 2 aromatic rings. The molecule has 0 radical (unpaired) electrons. The van der Waals surface area contributed by atoms with Gasteiger partial charge in [-0.3, -0.25) is 19.3 Å². The zero-order valence-corrected chi connectivity index (χ0v) is 14.2. The second-order valence-electron chi connectivity index (χ2n) is 6.07. The summed E-state index contributed by atoms with van der Waals surface area (Å²) in [5, 5.41) is 2.74. The predicted octanol–water partition coefficient (Wildman–Crippen LogP) is 2.95. The van der Waals surface area contributed by atoms with Crippen LogP contribution >= 0.6 is 0 Å². The Balaban J connectivity index is 1.76. The fourth-order valence-electron chi connectivity index (χ4n) is 2.60. The van der Waals surface area contributed by atoms with E-state index in [0.29, 0.717) is 28.1 Å².